The zero-order valence-corrected chi connectivity index (χ0v) is 24.8. The summed E-state index contributed by atoms with van der Waals surface area (Å²) < 4.78 is 2.61. The summed E-state index contributed by atoms with van der Waals surface area (Å²) in [6.07, 6.45) is 0. The second-order valence-electron chi connectivity index (χ2n) is 11.4. The molecule has 0 fully saturated rings. The lowest BCUT2D eigenvalue weighted by Gasteiger charge is -2.27. The maximum atomic E-state index is 2.45. The van der Waals surface area contributed by atoms with Crippen LogP contribution < -0.4 is 4.90 Å². The molecule has 0 atom stereocenters. The lowest BCUT2D eigenvalue weighted by molar-refractivity contribution is 1.31. The minimum absolute atomic E-state index is 1.14. The van der Waals surface area contributed by atoms with Crippen molar-refractivity contribution in [2.45, 2.75) is 0 Å². The molecule has 206 valence electrons. The molecule has 0 amide bonds. The topological polar surface area (TPSA) is 3.24 Å². The molecule has 1 aromatic heterocycles. The third-order valence-corrected chi connectivity index (χ3v) is 9.95. The highest BCUT2D eigenvalue weighted by Gasteiger charge is 2.19. The van der Waals surface area contributed by atoms with Gasteiger partial charge in [-0.3, -0.25) is 0 Å². The van der Waals surface area contributed by atoms with Crippen molar-refractivity contribution in [2.75, 3.05) is 4.90 Å². The predicted octanol–water partition coefficient (Wildman–Crippen LogP) is 12.7. The van der Waals surface area contributed by atoms with Crippen LogP contribution in [-0.4, -0.2) is 0 Å². The van der Waals surface area contributed by atoms with Crippen LogP contribution in [0, 0.1) is 0 Å². The van der Waals surface area contributed by atoms with E-state index >= 15 is 0 Å². The molecule has 9 aromatic rings. The summed E-state index contributed by atoms with van der Waals surface area (Å²) in [6, 6.07) is 59.8. The number of nitrogens with zero attached hydrogens (tertiary/aromatic N) is 1. The SMILES string of the molecule is c1ccc(-c2cccc(N(c3ccc4ccc5c6ccccc6ccc5c4c3)c3cccc4sc5ccccc5c34)c2)cc1. The molecule has 0 aliphatic heterocycles. The minimum atomic E-state index is 1.14. The Kier molecular flexibility index (Phi) is 5.75. The molecule has 2 heteroatoms. The van der Waals surface area contributed by atoms with Crippen LogP contribution in [0.1, 0.15) is 0 Å². The summed E-state index contributed by atoms with van der Waals surface area (Å²) in [5.41, 5.74) is 5.89. The number of anilines is 3. The van der Waals surface area contributed by atoms with Crippen molar-refractivity contribution in [3.8, 4) is 11.1 Å². The largest absolute Gasteiger partial charge is 0.310 e. The van der Waals surface area contributed by atoms with Crippen LogP contribution in [0.4, 0.5) is 17.1 Å². The fraction of sp³-hybridized carbons (Fsp3) is 0. The molecule has 0 aliphatic rings. The van der Waals surface area contributed by atoms with Crippen molar-refractivity contribution in [3.63, 3.8) is 0 Å². The van der Waals surface area contributed by atoms with Crippen molar-refractivity contribution in [2.24, 2.45) is 0 Å². The predicted molar refractivity (Wildman–Crippen MR) is 192 cm³/mol. The van der Waals surface area contributed by atoms with Crippen LogP contribution in [0.25, 0.3) is 63.6 Å². The summed E-state index contributed by atoms with van der Waals surface area (Å²) in [7, 11) is 0. The number of hydrogen-bond donors (Lipinski definition) is 0. The third-order valence-electron chi connectivity index (χ3n) is 8.82. The highest BCUT2D eigenvalue weighted by Crippen LogP contribution is 2.46. The first-order valence-electron chi connectivity index (χ1n) is 15.0. The van der Waals surface area contributed by atoms with Crippen molar-refractivity contribution in [1.82, 2.24) is 0 Å². The number of benzene rings is 8. The van der Waals surface area contributed by atoms with Crippen molar-refractivity contribution in [1.29, 1.82) is 0 Å². The van der Waals surface area contributed by atoms with Crippen molar-refractivity contribution >= 4 is 80.9 Å². The van der Waals surface area contributed by atoms with Crippen LogP contribution >= 0.6 is 11.3 Å². The van der Waals surface area contributed by atoms with E-state index in [9.17, 15) is 0 Å². The molecule has 0 spiro atoms. The first-order valence-corrected chi connectivity index (χ1v) is 15.8. The van der Waals surface area contributed by atoms with Gasteiger partial charge in [0.25, 0.3) is 0 Å². The Labute approximate surface area is 259 Å². The van der Waals surface area contributed by atoms with Gasteiger partial charge in [-0.1, -0.05) is 121 Å². The smallest absolute Gasteiger partial charge is 0.0554 e. The van der Waals surface area contributed by atoms with Crippen LogP contribution in [0.3, 0.4) is 0 Å². The maximum absolute atomic E-state index is 2.45. The van der Waals surface area contributed by atoms with Gasteiger partial charge >= 0.3 is 0 Å². The zero-order chi connectivity index (χ0) is 29.0. The molecule has 1 nitrogen and oxygen atoms in total. The van der Waals surface area contributed by atoms with E-state index < -0.39 is 0 Å². The molecule has 0 radical (unpaired) electrons. The Bertz CT molecular complexity index is 2510. The fourth-order valence-electron chi connectivity index (χ4n) is 6.77. The monoisotopic (exact) mass is 577 g/mol. The first kappa shape index (κ1) is 25.1. The van der Waals surface area contributed by atoms with Crippen LogP contribution in [-0.2, 0) is 0 Å². The van der Waals surface area contributed by atoms with Gasteiger partial charge in [0.1, 0.15) is 0 Å². The molecule has 44 heavy (non-hydrogen) atoms. The van der Waals surface area contributed by atoms with Gasteiger partial charge in [0.15, 0.2) is 0 Å². The molecule has 0 unspecified atom stereocenters. The van der Waals surface area contributed by atoms with Crippen LogP contribution in [0.2, 0.25) is 0 Å². The van der Waals surface area contributed by atoms with Crippen LogP contribution in [0.15, 0.2) is 164 Å². The molecule has 0 bridgehead atoms. The van der Waals surface area contributed by atoms with Gasteiger partial charge in [0, 0.05) is 31.5 Å². The Morgan fingerprint density at radius 3 is 1.89 bits per heavy atom. The number of hydrogen-bond acceptors (Lipinski definition) is 2. The van der Waals surface area contributed by atoms with Gasteiger partial charge in [0.2, 0.25) is 0 Å². The minimum Gasteiger partial charge on any atom is -0.310 e. The molecule has 0 aliphatic carbocycles. The normalized spacial score (nSPS) is 11.6. The van der Waals surface area contributed by atoms with E-state index in [-0.39, 0.29) is 0 Å². The molecule has 9 rings (SSSR count). The van der Waals surface area contributed by atoms with E-state index in [0.29, 0.717) is 0 Å². The van der Waals surface area contributed by atoms with E-state index in [1.54, 1.807) is 0 Å². The molecule has 0 saturated heterocycles. The maximum Gasteiger partial charge on any atom is 0.0554 e. The number of fused-ring (bicyclic) bond motifs is 8. The Morgan fingerprint density at radius 2 is 1.00 bits per heavy atom. The molecular weight excluding hydrogens is 551 g/mol. The number of thiophene rings is 1. The van der Waals surface area contributed by atoms with E-state index in [0.717, 1.165) is 11.4 Å². The molecule has 0 saturated carbocycles. The molecular formula is C42H27NS. The summed E-state index contributed by atoms with van der Waals surface area (Å²) in [4.78, 5) is 2.45. The summed E-state index contributed by atoms with van der Waals surface area (Å²) in [5, 5.41) is 10.2. The molecule has 1 heterocycles. The Balaban J connectivity index is 1.34. The summed E-state index contributed by atoms with van der Waals surface area (Å²) in [6.45, 7) is 0. The van der Waals surface area contributed by atoms with Gasteiger partial charge in [-0.25, -0.2) is 0 Å². The second kappa shape index (κ2) is 10.1. The van der Waals surface area contributed by atoms with E-state index in [4.69, 9.17) is 0 Å². The molecule has 8 aromatic carbocycles. The number of rotatable bonds is 4. The standard InChI is InChI=1S/C42H27NS/c1-2-10-28(11-3-1)31-13-8-14-32(26-31)43(39-17-9-19-41-42(39)37-16-6-7-18-40(37)44-41)33-23-20-30-22-24-35-34-15-5-4-12-29(34)21-25-36(35)38(30)27-33/h1-27H. The van der Waals surface area contributed by atoms with E-state index in [1.165, 1.54) is 69.3 Å². The zero-order valence-electron chi connectivity index (χ0n) is 23.9. The second-order valence-corrected chi connectivity index (χ2v) is 12.4. The highest BCUT2D eigenvalue weighted by atomic mass is 32.1. The quantitative estimate of drug-likeness (QED) is 0.188. The van der Waals surface area contributed by atoms with Gasteiger partial charge in [-0.2, -0.15) is 0 Å². The fourth-order valence-corrected chi connectivity index (χ4v) is 7.90. The van der Waals surface area contributed by atoms with Gasteiger partial charge in [-0.15, -0.1) is 11.3 Å². The summed E-state index contributed by atoms with van der Waals surface area (Å²) in [5.74, 6) is 0. The lowest BCUT2D eigenvalue weighted by atomic mass is 9.96. The van der Waals surface area contributed by atoms with E-state index in [1.807, 2.05) is 11.3 Å². The van der Waals surface area contributed by atoms with Crippen molar-refractivity contribution in [3.05, 3.63) is 164 Å². The average molecular weight is 578 g/mol. The Hall–Kier alpha value is -5.44. The Morgan fingerprint density at radius 1 is 0.364 bits per heavy atom. The van der Waals surface area contributed by atoms with Gasteiger partial charge in [-0.05, 0) is 85.9 Å². The summed E-state index contributed by atoms with van der Waals surface area (Å²) >= 11 is 1.86. The van der Waals surface area contributed by atoms with Gasteiger partial charge < -0.3 is 4.90 Å². The molecule has 0 N–H and O–H groups in total. The average Bonchev–Trinajstić information content (AvgIpc) is 3.48. The van der Waals surface area contributed by atoms with E-state index in [2.05, 4.69) is 169 Å². The lowest BCUT2D eigenvalue weighted by Crippen LogP contribution is -2.10. The van der Waals surface area contributed by atoms with Crippen molar-refractivity contribution < 1.29 is 0 Å². The van der Waals surface area contributed by atoms with Crippen LogP contribution in [0.5, 0.6) is 0 Å². The van der Waals surface area contributed by atoms with Gasteiger partial charge in [0.05, 0.1) is 5.69 Å². The third kappa shape index (κ3) is 4.00. The highest BCUT2D eigenvalue weighted by molar-refractivity contribution is 7.26. The first-order chi connectivity index (χ1) is 21.8.